The molecular formula is C16H15F2NO3. The predicted octanol–water partition coefficient (Wildman–Crippen LogP) is 3.18. The number of ether oxygens (including phenoxy) is 1. The highest BCUT2D eigenvalue weighted by Gasteiger charge is 2.27. The molecule has 1 aliphatic carbocycles. The second-order valence-electron chi connectivity index (χ2n) is 5.43. The van der Waals surface area contributed by atoms with Crippen LogP contribution in [0, 0.1) is 11.6 Å². The van der Waals surface area contributed by atoms with E-state index in [2.05, 4.69) is 0 Å². The molecule has 1 saturated carbocycles. The summed E-state index contributed by atoms with van der Waals surface area (Å²) in [7, 11) is 0. The number of halogens is 2. The Kier molecular flexibility index (Phi) is 3.68. The zero-order valence-corrected chi connectivity index (χ0v) is 12.1. The lowest BCUT2D eigenvalue weighted by Gasteiger charge is -2.12. The molecule has 6 heteroatoms. The van der Waals surface area contributed by atoms with Crippen molar-refractivity contribution in [2.24, 2.45) is 0 Å². The van der Waals surface area contributed by atoms with Crippen molar-refractivity contribution in [3.05, 3.63) is 45.8 Å². The van der Waals surface area contributed by atoms with Gasteiger partial charge < -0.3 is 9.30 Å². The number of aromatic nitrogens is 1. The van der Waals surface area contributed by atoms with E-state index in [1.165, 1.54) is 6.20 Å². The fourth-order valence-electron chi connectivity index (χ4n) is 2.42. The number of fused-ring (bicyclic) bond motifs is 1. The molecule has 0 bridgehead atoms. The van der Waals surface area contributed by atoms with Gasteiger partial charge in [-0.3, -0.25) is 4.79 Å². The number of benzene rings is 1. The summed E-state index contributed by atoms with van der Waals surface area (Å²) in [5.41, 5.74) is -0.468. The maximum atomic E-state index is 13.5. The van der Waals surface area contributed by atoms with E-state index in [-0.39, 0.29) is 23.6 Å². The molecule has 116 valence electrons. The Balaban J connectivity index is 2.22. The number of carbonyl (C=O) groups excluding carboxylic acids is 1. The minimum absolute atomic E-state index is 0.00301. The molecule has 0 radical (unpaired) electrons. The monoisotopic (exact) mass is 307 g/mol. The highest BCUT2D eigenvalue weighted by Crippen LogP contribution is 2.37. The van der Waals surface area contributed by atoms with Crippen molar-refractivity contribution in [2.45, 2.75) is 32.2 Å². The molecule has 1 heterocycles. The van der Waals surface area contributed by atoms with Crippen LogP contribution in [-0.4, -0.2) is 17.1 Å². The van der Waals surface area contributed by atoms with E-state index in [0.29, 0.717) is 11.9 Å². The van der Waals surface area contributed by atoms with E-state index in [9.17, 15) is 18.4 Å². The molecule has 1 aromatic carbocycles. The smallest absolute Gasteiger partial charge is 0.343 e. The van der Waals surface area contributed by atoms with Gasteiger partial charge in [0, 0.05) is 23.7 Å². The lowest BCUT2D eigenvalue weighted by Crippen LogP contribution is -2.21. The normalized spacial score (nSPS) is 14.3. The zero-order valence-electron chi connectivity index (χ0n) is 12.1. The van der Waals surface area contributed by atoms with Crippen molar-refractivity contribution in [3.63, 3.8) is 0 Å². The molecule has 1 fully saturated rings. The molecule has 1 aromatic heterocycles. The molecule has 0 atom stereocenters. The summed E-state index contributed by atoms with van der Waals surface area (Å²) in [6.07, 6.45) is 3.79. The lowest BCUT2D eigenvalue weighted by molar-refractivity contribution is 0.0503. The number of esters is 1. The highest BCUT2D eigenvalue weighted by molar-refractivity contribution is 5.93. The molecule has 0 amide bonds. The number of hydrogen-bond acceptors (Lipinski definition) is 3. The second-order valence-corrected chi connectivity index (χ2v) is 5.43. The van der Waals surface area contributed by atoms with Crippen LogP contribution in [0.25, 0.3) is 10.9 Å². The third kappa shape index (κ3) is 2.49. The van der Waals surface area contributed by atoms with Crippen molar-refractivity contribution in [1.82, 2.24) is 4.57 Å². The van der Waals surface area contributed by atoms with Crippen LogP contribution >= 0.6 is 0 Å². The highest BCUT2D eigenvalue weighted by atomic mass is 19.2. The Bertz CT molecular complexity index is 809. The van der Waals surface area contributed by atoms with E-state index in [1.54, 1.807) is 4.57 Å². The largest absolute Gasteiger partial charge is 0.462 e. The molecule has 4 nitrogen and oxygen atoms in total. The second kappa shape index (κ2) is 5.51. The van der Waals surface area contributed by atoms with Crippen molar-refractivity contribution in [2.75, 3.05) is 6.61 Å². The van der Waals surface area contributed by atoms with E-state index >= 15 is 0 Å². The van der Waals surface area contributed by atoms with Crippen molar-refractivity contribution < 1.29 is 18.3 Å². The molecule has 1 aliphatic rings. The maximum Gasteiger partial charge on any atom is 0.343 e. The van der Waals surface area contributed by atoms with Gasteiger partial charge in [-0.2, -0.15) is 0 Å². The number of hydrogen-bond donors (Lipinski definition) is 0. The average Bonchev–Trinajstić information content (AvgIpc) is 3.32. The molecular weight excluding hydrogens is 292 g/mol. The molecule has 0 saturated heterocycles. The predicted molar refractivity (Wildman–Crippen MR) is 77.0 cm³/mol. The van der Waals surface area contributed by atoms with E-state index in [1.807, 2.05) is 6.92 Å². The molecule has 0 unspecified atom stereocenters. The topological polar surface area (TPSA) is 48.3 Å². The van der Waals surface area contributed by atoms with Crippen LogP contribution in [0.1, 0.15) is 42.6 Å². The van der Waals surface area contributed by atoms with Crippen LogP contribution < -0.4 is 5.43 Å². The number of nitrogens with zero attached hydrogens (tertiary/aromatic N) is 1. The summed E-state index contributed by atoms with van der Waals surface area (Å²) < 4.78 is 33.6. The minimum atomic E-state index is -1.11. The minimum Gasteiger partial charge on any atom is -0.462 e. The average molecular weight is 307 g/mol. The van der Waals surface area contributed by atoms with E-state index < -0.39 is 23.0 Å². The fraction of sp³-hybridized carbons (Fsp3) is 0.375. The van der Waals surface area contributed by atoms with Crippen LogP contribution in [0.4, 0.5) is 8.78 Å². The summed E-state index contributed by atoms with van der Waals surface area (Å²) in [5.74, 6) is -2.85. The quantitative estimate of drug-likeness (QED) is 0.815. The molecule has 22 heavy (non-hydrogen) atoms. The van der Waals surface area contributed by atoms with Gasteiger partial charge in [0.2, 0.25) is 5.43 Å². The summed E-state index contributed by atoms with van der Waals surface area (Å²) in [6, 6.07) is 1.96. The van der Waals surface area contributed by atoms with E-state index in [4.69, 9.17) is 4.74 Å². The third-order valence-corrected chi connectivity index (χ3v) is 3.67. The number of rotatable bonds is 4. The summed E-state index contributed by atoms with van der Waals surface area (Å²) in [5, 5.41) is -0.00301. The first-order chi connectivity index (χ1) is 10.5. The van der Waals surface area contributed by atoms with Crippen LogP contribution in [0.3, 0.4) is 0 Å². The van der Waals surface area contributed by atoms with Gasteiger partial charge in [0.05, 0.1) is 12.1 Å². The Morgan fingerprint density at radius 1 is 1.32 bits per heavy atom. The van der Waals surface area contributed by atoms with Crippen molar-refractivity contribution in [1.29, 1.82) is 0 Å². The first-order valence-corrected chi connectivity index (χ1v) is 7.24. The standard InChI is InChI=1S/C16H15F2NO3/c1-2-5-22-16(21)11-8-19(9-3-4-9)14-7-13(18)12(17)6-10(14)15(11)20/h6-9H,2-5H2,1H3. The van der Waals surface area contributed by atoms with Crippen molar-refractivity contribution in [3.8, 4) is 0 Å². The maximum absolute atomic E-state index is 13.5. The number of carbonyl (C=O) groups is 1. The summed E-state index contributed by atoms with van der Waals surface area (Å²) in [6.45, 7) is 2.05. The Hall–Kier alpha value is -2.24. The molecule has 0 spiro atoms. The van der Waals surface area contributed by atoms with Crippen LogP contribution in [0.5, 0.6) is 0 Å². The van der Waals surface area contributed by atoms with Gasteiger partial charge in [-0.25, -0.2) is 13.6 Å². The molecule has 3 rings (SSSR count). The lowest BCUT2D eigenvalue weighted by atomic mass is 10.1. The van der Waals surface area contributed by atoms with Gasteiger partial charge in [-0.05, 0) is 25.3 Å². The van der Waals surface area contributed by atoms with Gasteiger partial charge in [0.15, 0.2) is 11.6 Å². The fourth-order valence-corrected chi connectivity index (χ4v) is 2.42. The van der Waals surface area contributed by atoms with Gasteiger partial charge in [-0.15, -0.1) is 0 Å². The van der Waals surface area contributed by atoms with Crippen LogP contribution in [0.2, 0.25) is 0 Å². The Morgan fingerprint density at radius 3 is 2.64 bits per heavy atom. The van der Waals surface area contributed by atoms with Gasteiger partial charge in [0.25, 0.3) is 0 Å². The zero-order chi connectivity index (χ0) is 15.9. The first kappa shape index (κ1) is 14.7. The van der Waals surface area contributed by atoms with Crippen LogP contribution in [0.15, 0.2) is 23.1 Å². The Labute approximate surface area is 125 Å². The number of pyridine rings is 1. The third-order valence-electron chi connectivity index (χ3n) is 3.67. The van der Waals surface area contributed by atoms with Crippen molar-refractivity contribution >= 4 is 16.9 Å². The Morgan fingerprint density at radius 2 is 2.00 bits per heavy atom. The molecule has 2 aromatic rings. The van der Waals surface area contributed by atoms with Gasteiger partial charge in [-0.1, -0.05) is 6.92 Å². The van der Waals surface area contributed by atoms with Gasteiger partial charge >= 0.3 is 5.97 Å². The van der Waals surface area contributed by atoms with E-state index in [0.717, 1.165) is 25.0 Å². The van der Waals surface area contributed by atoms with Gasteiger partial charge in [0.1, 0.15) is 5.56 Å². The SMILES string of the molecule is CCCOC(=O)c1cn(C2CC2)c2cc(F)c(F)cc2c1=O. The molecule has 0 aliphatic heterocycles. The first-order valence-electron chi connectivity index (χ1n) is 7.24. The summed E-state index contributed by atoms with van der Waals surface area (Å²) in [4.78, 5) is 24.4. The summed E-state index contributed by atoms with van der Waals surface area (Å²) >= 11 is 0. The molecule has 0 N–H and O–H groups in total. The van der Waals surface area contributed by atoms with Crippen LogP contribution in [-0.2, 0) is 4.74 Å².